The molecule has 1 aromatic heterocycles. The molecule has 0 saturated heterocycles. The van der Waals surface area contributed by atoms with Gasteiger partial charge in [0.2, 0.25) is 15.9 Å². The minimum Gasteiger partial charge on any atom is -0.439 e. The fourth-order valence-corrected chi connectivity index (χ4v) is 3.28. The summed E-state index contributed by atoms with van der Waals surface area (Å²) in [4.78, 5) is 16.4. The Labute approximate surface area is 173 Å². The van der Waals surface area contributed by atoms with E-state index in [2.05, 4.69) is 20.3 Å². The molecule has 156 valence electrons. The number of hydrogen-bond donors (Lipinski definition) is 3. The van der Waals surface area contributed by atoms with Crippen molar-refractivity contribution >= 4 is 21.7 Å². The molecular formula is C20H19FN4O4S. The normalized spacial score (nSPS) is 11.0. The van der Waals surface area contributed by atoms with Gasteiger partial charge in [-0.15, -0.1) is 0 Å². The number of hydrogen-bond acceptors (Lipinski definition) is 5. The number of nitrogens with zero attached hydrogens (tertiary/aromatic N) is 1. The maximum absolute atomic E-state index is 13.3. The summed E-state index contributed by atoms with van der Waals surface area (Å²) < 4.78 is 44.9. The van der Waals surface area contributed by atoms with E-state index in [1.807, 2.05) is 0 Å². The van der Waals surface area contributed by atoms with Crippen molar-refractivity contribution in [2.24, 2.45) is 0 Å². The first kappa shape index (κ1) is 21.2. The number of anilines is 1. The molecule has 10 heteroatoms. The number of amides is 2. The first-order valence-corrected chi connectivity index (χ1v) is 10.3. The van der Waals surface area contributed by atoms with Crippen LogP contribution in [-0.4, -0.2) is 26.5 Å². The van der Waals surface area contributed by atoms with Gasteiger partial charge in [-0.2, -0.15) is 0 Å². The second kappa shape index (κ2) is 9.33. The van der Waals surface area contributed by atoms with Gasteiger partial charge in [0.25, 0.3) is 0 Å². The summed E-state index contributed by atoms with van der Waals surface area (Å²) in [6.45, 7) is 0.0822. The SMILES string of the molecule is CNS(=O)(=O)c1cccc(NC(=O)NCc2cccnc2Oc2cccc(F)c2)c1. The molecule has 0 saturated carbocycles. The number of urea groups is 1. The summed E-state index contributed by atoms with van der Waals surface area (Å²) in [5, 5.41) is 5.22. The second-order valence-electron chi connectivity index (χ2n) is 6.07. The lowest BCUT2D eigenvalue weighted by molar-refractivity contribution is 0.251. The number of pyridine rings is 1. The van der Waals surface area contributed by atoms with E-state index in [4.69, 9.17) is 4.74 Å². The van der Waals surface area contributed by atoms with Crippen LogP contribution in [0.3, 0.4) is 0 Å². The van der Waals surface area contributed by atoms with E-state index in [0.29, 0.717) is 11.3 Å². The van der Waals surface area contributed by atoms with Crippen LogP contribution >= 0.6 is 0 Å². The minimum atomic E-state index is -3.62. The molecule has 8 nitrogen and oxygen atoms in total. The largest absolute Gasteiger partial charge is 0.439 e. The van der Waals surface area contributed by atoms with Crippen molar-refractivity contribution in [1.82, 2.24) is 15.0 Å². The number of sulfonamides is 1. The van der Waals surface area contributed by atoms with Crippen LogP contribution in [0.1, 0.15) is 5.56 Å². The Morgan fingerprint density at radius 2 is 1.90 bits per heavy atom. The Balaban J connectivity index is 1.65. The number of rotatable bonds is 7. The van der Waals surface area contributed by atoms with Crippen molar-refractivity contribution in [3.8, 4) is 11.6 Å². The molecule has 1 heterocycles. The van der Waals surface area contributed by atoms with Crippen LogP contribution in [0.25, 0.3) is 0 Å². The third kappa shape index (κ3) is 5.52. The van der Waals surface area contributed by atoms with E-state index in [1.54, 1.807) is 24.3 Å². The Kier molecular flexibility index (Phi) is 6.60. The molecule has 0 unspecified atom stereocenters. The number of carbonyl (C=O) groups is 1. The smallest absolute Gasteiger partial charge is 0.319 e. The van der Waals surface area contributed by atoms with Gasteiger partial charge in [0.05, 0.1) is 4.90 Å². The van der Waals surface area contributed by atoms with E-state index < -0.39 is 21.9 Å². The van der Waals surface area contributed by atoms with Gasteiger partial charge in [0.15, 0.2) is 0 Å². The topological polar surface area (TPSA) is 109 Å². The van der Waals surface area contributed by atoms with Crippen molar-refractivity contribution in [3.05, 3.63) is 78.2 Å². The van der Waals surface area contributed by atoms with Crippen molar-refractivity contribution < 1.29 is 22.3 Å². The summed E-state index contributed by atoms with van der Waals surface area (Å²) in [6.07, 6.45) is 1.52. The standard InChI is InChI=1S/C20H19FN4O4S/c1-22-30(27,28)18-9-3-7-16(12-18)25-20(26)24-13-14-5-4-10-23-19(14)29-17-8-2-6-15(21)11-17/h2-12,22H,13H2,1H3,(H2,24,25,26). The predicted molar refractivity (Wildman–Crippen MR) is 109 cm³/mol. The number of halogens is 1. The molecule has 3 N–H and O–H groups in total. The van der Waals surface area contributed by atoms with Gasteiger partial charge >= 0.3 is 6.03 Å². The zero-order valence-electron chi connectivity index (χ0n) is 15.9. The molecule has 0 aliphatic carbocycles. The number of ether oxygens (including phenoxy) is 1. The third-order valence-corrected chi connectivity index (χ3v) is 5.38. The molecule has 0 spiro atoms. The van der Waals surface area contributed by atoms with Gasteiger partial charge in [-0.05, 0) is 43.4 Å². The minimum absolute atomic E-state index is 0.0286. The molecule has 0 aliphatic rings. The van der Waals surface area contributed by atoms with Gasteiger partial charge in [-0.3, -0.25) is 0 Å². The highest BCUT2D eigenvalue weighted by Gasteiger charge is 2.13. The quantitative estimate of drug-likeness (QED) is 0.533. The summed E-state index contributed by atoms with van der Waals surface area (Å²) in [6, 6.07) is 14.3. The molecule has 2 amide bonds. The zero-order valence-corrected chi connectivity index (χ0v) is 16.7. The highest BCUT2D eigenvalue weighted by atomic mass is 32.2. The maximum Gasteiger partial charge on any atom is 0.319 e. The molecule has 2 aromatic carbocycles. The van der Waals surface area contributed by atoms with Crippen molar-refractivity contribution in [3.63, 3.8) is 0 Å². The number of benzene rings is 2. The lowest BCUT2D eigenvalue weighted by Gasteiger charge is -2.12. The Bertz CT molecular complexity index is 1150. The number of nitrogens with one attached hydrogen (secondary N) is 3. The van der Waals surface area contributed by atoms with Crippen LogP contribution in [0.15, 0.2) is 71.8 Å². The highest BCUT2D eigenvalue weighted by molar-refractivity contribution is 7.89. The Morgan fingerprint density at radius 1 is 1.10 bits per heavy atom. The molecule has 3 aromatic rings. The van der Waals surface area contributed by atoms with Crippen LogP contribution in [0.4, 0.5) is 14.9 Å². The van der Waals surface area contributed by atoms with Crippen LogP contribution < -0.4 is 20.1 Å². The third-order valence-electron chi connectivity index (χ3n) is 3.97. The fraction of sp³-hybridized carbons (Fsp3) is 0.100. The van der Waals surface area contributed by atoms with E-state index in [9.17, 15) is 17.6 Å². The molecule has 0 radical (unpaired) electrons. The predicted octanol–water partition coefficient (Wildman–Crippen LogP) is 3.24. The van der Waals surface area contributed by atoms with Crippen molar-refractivity contribution in [2.75, 3.05) is 12.4 Å². The van der Waals surface area contributed by atoms with Gasteiger partial charge in [0, 0.05) is 30.1 Å². The second-order valence-corrected chi connectivity index (χ2v) is 7.96. The Morgan fingerprint density at radius 3 is 2.67 bits per heavy atom. The van der Waals surface area contributed by atoms with Crippen LogP contribution in [0, 0.1) is 5.82 Å². The molecule has 30 heavy (non-hydrogen) atoms. The average molecular weight is 430 g/mol. The van der Waals surface area contributed by atoms with Gasteiger partial charge in [-0.1, -0.05) is 18.2 Å². The first-order chi connectivity index (χ1) is 14.4. The van der Waals surface area contributed by atoms with E-state index in [1.165, 1.54) is 49.6 Å². The summed E-state index contributed by atoms with van der Waals surface area (Å²) in [7, 11) is -2.32. The van der Waals surface area contributed by atoms with Gasteiger partial charge in [-0.25, -0.2) is 27.3 Å². The van der Waals surface area contributed by atoms with E-state index >= 15 is 0 Å². The summed E-state index contributed by atoms with van der Waals surface area (Å²) in [5.41, 5.74) is 0.884. The molecule has 0 fully saturated rings. The average Bonchev–Trinajstić information content (AvgIpc) is 2.73. The maximum atomic E-state index is 13.3. The fourth-order valence-electron chi connectivity index (χ4n) is 2.50. The van der Waals surface area contributed by atoms with Crippen LogP contribution in [-0.2, 0) is 16.6 Å². The van der Waals surface area contributed by atoms with Gasteiger partial charge in [0.1, 0.15) is 11.6 Å². The molecule has 3 rings (SSSR count). The first-order valence-electron chi connectivity index (χ1n) is 8.83. The lowest BCUT2D eigenvalue weighted by atomic mass is 10.2. The molecule has 0 bridgehead atoms. The monoisotopic (exact) mass is 430 g/mol. The summed E-state index contributed by atoms with van der Waals surface area (Å²) in [5.74, 6) is 0.0671. The van der Waals surface area contributed by atoms with Crippen LogP contribution in [0.5, 0.6) is 11.6 Å². The van der Waals surface area contributed by atoms with Crippen LogP contribution in [0.2, 0.25) is 0 Å². The number of carbonyl (C=O) groups excluding carboxylic acids is 1. The number of aromatic nitrogens is 1. The molecule has 0 atom stereocenters. The van der Waals surface area contributed by atoms with Gasteiger partial charge < -0.3 is 15.4 Å². The van der Waals surface area contributed by atoms with E-state index in [0.717, 1.165) is 0 Å². The molecule has 0 aliphatic heterocycles. The summed E-state index contributed by atoms with van der Waals surface area (Å²) >= 11 is 0. The lowest BCUT2D eigenvalue weighted by Crippen LogP contribution is -2.28. The molecular weight excluding hydrogens is 411 g/mol. The van der Waals surface area contributed by atoms with Crippen molar-refractivity contribution in [2.45, 2.75) is 11.4 Å². The van der Waals surface area contributed by atoms with Crippen molar-refractivity contribution in [1.29, 1.82) is 0 Å². The Hall–Kier alpha value is -3.50. The van der Waals surface area contributed by atoms with E-state index in [-0.39, 0.29) is 23.1 Å². The zero-order chi connectivity index (χ0) is 21.6. The highest BCUT2D eigenvalue weighted by Crippen LogP contribution is 2.23.